The molecule has 0 aliphatic carbocycles. The fraction of sp³-hybridized carbons (Fsp3) is 0.455. The molecule has 3 N–H and O–H groups in total. The molecule has 1 atom stereocenters. The zero-order chi connectivity index (χ0) is 16.0. The second-order valence-corrected chi connectivity index (χ2v) is 7.41. The molecule has 0 aliphatic heterocycles. The molecular weight excluding hydrogens is 320 g/mol. The van der Waals surface area contributed by atoms with Crippen LogP contribution in [-0.4, -0.2) is 61.1 Å². The number of aliphatic hydroxyl groups is 1. The smallest absolute Gasteiger partial charge is 0.332 e. The summed E-state index contributed by atoms with van der Waals surface area (Å²) in [5.74, 6) is -1.95. The Morgan fingerprint density at radius 1 is 1.48 bits per heavy atom. The summed E-state index contributed by atoms with van der Waals surface area (Å²) >= 11 is 1.05. The predicted molar refractivity (Wildman–Crippen MR) is 75.4 cm³/mol. The third-order valence-electron chi connectivity index (χ3n) is 2.55. The van der Waals surface area contributed by atoms with Crippen molar-refractivity contribution in [3.05, 3.63) is 17.5 Å². The summed E-state index contributed by atoms with van der Waals surface area (Å²) in [6, 6.07) is 3.04. The number of hydrogen-bond acceptors (Lipinski definition) is 6. The lowest BCUT2D eigenvalue weighted by Crippen LogP contribution is -2.39. The van der Waals surface area contributed by atoms with Gasteiger partial charge in [-0.25, -0.2) is 13.2 Å². The highest BCUT2D eigenvalue weighted by Gasteiger charge is 2.23. The van der Waals surface area contributed by atoms with E-state index in [-0.39, 0.29) is 23.7 Å². The molecule has 8 nitrogen and oxygen atoms in total. The Kier molecular flexibility index (Phi) is 6.27. The quantitative estimate of drug-likeness (QED) is 0.578. The summed E-state index contributed by atoms with van der Waals surface area (Å²) in [5, 5.41) is 21.4. The van der Waals surface area contributed by atoms with Gasteiger partial charge in [-0.2, -0.15) is 4.31 Å². The Morgan fingerprint density at radius 3 is 2.67 bits per heavy atom. The molecule has 1 unspecified atom stereocenters. The van der Waals surface area contributed by atoms with E-state index in [1.807, 2.05) is 0 Å². The van der Waals surface area contributed by atoms with Gasteiger partial charge in [-0.3, -0.25) is 4.79 Å². The van der Waals surface area contributed by atoms with Crippen molar-refractivity contribution < 1.29 is 28.2 Å². The Balaban J connectivity index is 2.46. The van der Waals surface area contributed by atoms with E-state index in [9.17, 15) is 18.0 Å². The molecule has 0 saturated carbocycles. The van der Waals surface area contributed by atoms with Gasteiger partial charge in [0.05, 0.1) is 6.54 Å². The zero-order valence-electron chi connectivity index (χ0n) is 11.2. The van der Waals surface area contributed by atoms with E-state index in [1.165, 1.54) is 13.1 Å². The van der Waals surface area contributed by atoms with Gasteiger partial charge >= 0.3 is 5.97 Å². The van der Waals surface area contributed by atoms with Crippen molar-refractivity contribution in [1.29, 1.82) is 0 Å². The molecule has 1 aromatic heterocycles. The molecule has 0 bridgehead atoms. The van der Waals surface area contributed by atoms with Gasteiger partial charge in [0.2, 0.25) is 5.91 Å². The van der Waals surface area contributed by atoms with Crippen molar-refractivity contribution in [2.45, 2.75) is 16.7 Å². The average molecular weight is 336 g/mol. The molecular formula is C11H16N2O6S2. The van der Waals surface area contributed by atoms with Gasteiger partial charge in [0, 0.05) is 20.0 Å². The van der Waals surface area contributed by atoms with Gasteiger partial charge in [0.25, 0.3) is 10.0 Å². The Labute approximate surface area is 126 Å². The minimum absolute atomic E-state index is 0.0564. The van der Waals surface area contributed by atoms with Crippen molar-refractivity contribution in [1.82, 2.24) is 9.62 Å². The molecule has 1 heterocycles. The number of carboxylic acids is 1. The Bertz CT molecular complexity index is 584. The number of aliphatic hydroxyl groups excluding tert-OH is 1. The first-order valence-electron chi connectivity index (χ1n) is 5.92. The van der Waals surface area contributed by atoms with E-state index in [4.69, 9.17) is 10.2 Å². The maximum absolute atomic E-state index is 12.0. The Hall–Kier alpha value is -1.49. The van der Waals surface area contributed by atoms with E-state index in [0.29, 0.717) is 0 Å². The first-order chi connectivity index (χ1) is 9.75. The highest BCUT2D eigenvalue weighted by atomic mass is 32.2. The molecule has 0 saturated heterocycles. The third-order valence-corrected chi connectivity index (χ3v) is 5.73. The highest BCUT2D eigenvalue weighted by molar-refractivity contribution is 7.91. The molecule has 10 heteroatoms. The minimum Gasteiger partial charge on any atom is -0.479 e. The van der Waals surface area contributed by atoms with Gasteiger partial charge in [-0.05, 0) is 11.4 Å². The highest BCUT2D eigenvalue weighted by Crippen LogP contribution is 2.19. The van der Waals surface area contributed by atoms with Crippen LogP contribution in [0.15, 0.2) is 21.7 Å². The van der Waals surface area contributed by atoms with E-state index in [0.717, 1.165) is 15.6 Å². The molecule has 0 aliphatic rings. The second kappa shape index (κ2) is 7.50. The van der Waals surface area contributed by atoms with E-state index < -0.39 is 28.0 Å². The first-order valence-corrected chi connectivity index (χ1v) is 8.24. The topological polar surface area (TPSA) is 124 Å². The van der Waals surface area contributed by atoms with E-state index in [2.05, 4.69) is 5.32 Å². The number of amides is 1. The fourth-order valence-electron chi connectivity index (χ4n) is 1.38. The SMILES string of the molecule is CN(CC(=O)NCCC(O)C(=O)O)S(=O)(=O)c1cccs1. The van der Waals surface area contributed by atoms with Gasteiger partial charge in [0.1, 0.15) is 4.21 Å². The third kappa shape index (κ3) is 5.08. The largest absolute Gasteiger partial charge is 0.479 e. The Morgan fingerprint density at radius 2 is 2.14 bits per heavy atom. The van der Waals surface area contributed by atoms with Gasteiger partial charge < -0.3 is 15.5 Å². The summed E-state index contributed by atoms with van der Waals surface area (Å²) in [6.07, 6.45) is -1.71. The monoisotopic (exact) mass is 336 g/mol. The number of aliphatic carboxylic acids is 1. The molecule has 0 radical (unpaired) electrons. The molecule has 1 amide bonds. The molecule has 0 aromatic carbocycles. The van der Waals surface area contributed by atoms with E-state index in [1.54, 1.807) is 11.4 Å². The lowest BCUT2D eigenvalue weighted by Gasteiger charge is -2.15. The molecule has 0 fully saturated rings. The lowest BCUT2D eigenvalue weighted by atomic mass is 10.2. The van der Waals surface area contributed by atoms with Crippen LogP contribution in [0, 0.1) is 0 Å². The molecule has 21 heavy (non-hydrogen) atoms. The average Bonchev–Trinajstić information content (AvgIpc) is 2.92. The number of nitrogens with one attached hydrogen (secondary N) is 1. The normalized spacial score (nSPS) is 13.1. The van der Waals surface area contributed by atoms with Crippen LogP contribution in [0.1, 0.15) is 6.42 Å². The number of carbonyl (C=O) groups excluding carboxylic acids is 1. The summed E-state index contributed by atoms with van der Waals surface area (Å²) in [4.78, 5) is 21.9. The maximum atomic E-state index is 12.0. The van der Waals surface area contributed by atoms with Crippen LogP contribution in [0.5, 0.6) is 0 Å². The van der Waals surface area contributed by atoms with Crippen LogP contribution in [-0.2, 0) is 19.6 Å². The van der Waals surface area contributed by atoms with Gasteiger partial charge in [-0.15, -0.1) is 11.3 Å². The van der Waals surface area contributed by atoms with Crippen molar-refractivity contribution in [2.24, 2.45) is 0 Å². The summed E-state index contributed by atoms with van der Waals surface area (Å²) in [7, 11) is -2.42. The number of carbonyl (C=O) groups is 2. The molecule has 1 rings (SSSR count). The van der Waals surface area contributed by atoms with Crippen molar-refractivity contribution in [3.8, 4) is 0 Å². The summed E-state index contributed by atoms with van der Waals surface area (Å²) < 4.78 is 25.1. The first kappa shape index (κ1) is 17.6. The number of hydrogen-bond donors (Lipinski definition) is 3. The summed E-state index contributed by atoms with van der Waals surface area (Å²) in [6.45, 7) is -0.442. The number of rotatable bonds is 8. The van der Waals surface area contributed by atoms with Crippen LogP contribution < -0.4 is 5.32 Å². The van der Waals surface area contributed by atoms with Gasteiger partial charge in [0.15, 0.2) is 6.10 Å². The second-order valence-electron chi connectivity index (χ2n) is 4.19. The van der Waals surface area contributed by atoms with Crippen LogP contribution in [0.2, 0.25) is 0 Å². The molecule has 0 spiro atoms. The summed E-state index contributed by atoms with van der Waals surface area (Å²) in [5.41, 5.74) is 0. The maximum Gasteiger partial charge on any atom is 0.332 e. The fourth-order valence-corrected chi connectivity index (χ4v) is 3.71. The van der Waals surface area contributed by atoms with Crippen molar-refractivity contribution in [2.75, 3.05) is 20.1 Å². The number of nitrogens with zero attached hydrogens (tertiary/aromatic N) is 1. The number of thiophene rings is 1. The van der Waals surface area contributed by atoms with Crippen LogP contribution >= 0.6 is 11.3 Å². The van der Waals surface area contributed by atoms with Gasteiger partial charge in [-0.1, -0.05) is 6.07 Å². The number of likely N-dealkylation sites (N-methyl/N-ethyl adjacent to an activating group) is 1. The minimum atomic E-state index is -3.70. The van der Waals surface area contributed by atoms with Crippen LogP contribution in [0.25, 0.3) is 0 Å². The molecule has 118 valence electrons. The standard InChI is InChI=1S/C11H16N2O6S2/c1-13(21(18,19)10-3-2-6-20-10)7-9(15)12-5-4-8(14)11(16)17/h2-3,6,8,14H,4-5,7H2,1H3,(H,12,15)(H,16,17). The number of carboxylic acid groups (broad SMARTS) is 1. The van der Waals surface area contributed by atoms with E-state index >= 15 is 0 Å². The van der Waals surface area contributed by atoms with Crippen LogP contribution in [0.3, 0.4) is 0 Å². The van der Waals surface area contributed by atoms with Crippen LogP contribution in [0.4, 0.5) is 0 Å². The number of sulfonamides is 1. The van der Waals surface area contributed by atoms with Crippen molar-refractivity contribution >= 4 is 33.2 Å². The lowest BCUT2D eigenvalue weighted by molar-refractivity contribution is -0.147. The zero-order valence-corrected chi connectivity index (χ0v) is 12.9. The predicted octanol–water partition coefficient (Wildman–Crippen LogP) is -0.680. The molecule has 1 aromatic rings. The van der Waals surface area contributed by atoms with Crippen molar-refractivity contribution in [3.63, 3.8) is 0 Å².